The van der Waals surface area contributed by atoms with Gasteiger partial charge in [-0.1, -0.05) is 66.2 Å². The van der Waals surface area contributed by atoms with E-state index in [4.69, 9.17) is 43.7 Å². The molecule has 1 N–H and O–H groups in total. The van der Waals surface area contributed by atoms with Crippen LogP contribution in [0.2, 0.25) is 0 Å². The molecule has 1 saturated carbocycles. The fourth-order valence-corrected chi connectivity index (χ4v) is 12.7. The second-order valence-corrected chi connectivity index (χ2v) is 28.7. The Morgan fingerprint density at radius 3 is 1.25 bits per heavy atom. The molecule has 5 heterocycles. The molecule has 2 fully saturated rings. The molecule has 1 saturated heterocycles. The van der Waals surface area contributed by atoms with Gasteiger partial charge in [0.05, 0.1) is 72.6 Å². The molecule has 0 bridgehead atoms. The van der Waals surface area contributed by atoms with Crippen LogP contribution in [0.3, 0.4) is 0 Å². The first-order valence-electron chi connectivity index (χ1n) is 38.5. The van der Waals surface area contributed by atoms with Crippen LogP contribution in [0.15, 0.2) is 122 Å². The van der Waals surface area contributed by atoms with Crippen molar-refractivity contribution in [2.75, 3.05) is 87.9 Å². The highest BCUT2D eigenvalue weighted by Crippen LogP contribution is 2.35. The molecule has 102 heavy (non-hydrogen) atoms. The van der Waals surface area contributed by atoms with Crippen LogP contribution in [0.25, 0.3) is 45.0 Å². The van der Waals surface area contributed by atoms with Gasteiger partial charge in [0.15, 0.2) is 0 Å². The van der Waals surface area contributed by atoms with E-state index in [-0.39, 0.29) is 18.3 Å². The van der Waals surface area contributed by atoms with Crippen molar-refractivity contribution in [1.29, 1.82) is 0 Å². The summed E-state index contributed by atoms with van der Waals surface area (Å²) in [6.07, 6.45) is 26.1. The van der Waals surface area contributed by atoms with Gasteiger partial charge in [0.25, 0.3) is 0 Å². The number of aromatic amines is 1. The van der Waals surface area contributed by atoms with Crippen molar-refractivity contribution in [3.05, 3.63) is 144 Å². The van der Waals surface area contributed by atoms with Crippen molar-refractivity contribution in [2.45, 2.75) is 229 Å². The van der Waals surface area contributed by atoms with Crippen LogP contribution in [0.4, 0.5) is 0 Å². The average Bonchev–Trinajstić information content (AvgIpc) is 1.67. The smallest absolute Gasteiger partial charge is 0.119 e. The van der Waals surface area contributed by atoms with Gasteiger partial charge >= 0.3 is 0 Å². The summed E-state index contributed by atoms with van der Waals surface area (Å²) in [7, 11) is 10.4. The molecule has 18 nitrogen and oxygen atoms in total. The molecule has 0 amide bonds. The van der Waals surface area contributed by atoms with Crippen LogP contribution >= 0.6 is 0 Å². The highest BCUT2D eigenvalue weighted by atomic mass is 16.5. The van der Waals surface area contributed by atoms with Crippen LogP contribution < -0.4 is 18.9 Å². The predicted molar refractivity (Wildman–Crippen MR) is 419 cm³/mol. The number of H-pyrrole nitrogens is 1. The zero-order valence-corrected chi connectivity index (χ0v) is 65.4. The Bertz CT molecular complexity index is 3400. The molecule has 560 valence electrons. The average molecular weight is 1400 g/mol. The summed E-state index contributed by atoms with van der Waals surface area (Å²) in [5.41, 5.74) is 14.1. The lowest BCUT2D eigenvalue weighted by Gasteiger charge is -2.16. The van der Waals surface area contributed by atoms with E-state index >= 15 is 0 Å². The minimum atomic E-state index is 0.181. The lowest BCUT2D eigenvalue weighted by molar-refractivity contribution is 0.172. The number of aryl methyl sites for hydroxylation is 1. The summed E-state index contributed by atoms with van der Waals surface area (Å²) in [5.74, 6) is 3.62. The van der Waals surface area contributed by atoms with Crippen LogP contribution in [0.1, 0.15) is 200 Å². The van der Waals surface area contributed by atoms with Crippen molar-refractivity contribution >= 4 is 0 Å². The van der Waals surface area contributed by atoms with E-state index in [1.54, 1.807) is 7.11 Å². The van der Waals surface area contributed by atoms with Crippen molar-refractivity contribution in [2.24, 2.45) is 0 Å². The first-order valence-corrected chi connectivity index (χ1v) is 38.5. The van der Waals surface area contributed by atoms with Crippen LogP contribution in [0.5, 0.6) is 23.0 Å². The Kier molecular flexibility index (Phi) is 35.7. The Morgan fingerprint density at radius 1 is 0.461 bits per heavy atom. The molecule has 0 radical (unpaired) electrons. The van der Waals surface area contributed by atoms with E-state index in [1.165, 1.54) is 105 Å². The number of nitrogens with zero attached hydrogens (tertiary/aromatic N) is 11. The maximum Gasteiger partial charge on any atom is 0.119 e. The van der Waals surface area contributed by atoms with E-state index in [2.05, 4.69) is 195 Å². The van der Waals surface area contributed by atoms with Gasteiger partial charge in [0.1, 0.15) is 23.0 Å². The van der Waals surface area contributed by atoms with Gasteiger partial charge in [-0.2, -0.15) is 20.4 Å². The molecule has 2 aliphatic rings. The van der Waals surface area contributed by atoms with Crippen LogP contribution in [-0.4, -0.2) is 165 Å². The minimum Gasteiger partial charge on any atom is -0.494 e. The molecule has 1 aliphatic carbocycles. The molecular weight excluding hydrogens is 1270 g/mol. The molecule has 18 heteroatoms. The predicted octanol–water partition coefficient (Wildman–Crippen LogP) is 18.5. The fourth-order valence-electron chi connectivity index (χ4n) is 12.7. The lowest BCUT2D eigenvalue weighted by atomic mass is 10.1. The first kappa shape index (κ1) is 82.0. The summed E-state index contributed by atoms with van der Waals surface area (Å²) in [6, 6.07) is 34.1. The van der Waals surface area contributed by atoms with Gasteiger partial charge in [0.2, 0.25) is 0 Å². The summed E-state index contributed by atoms with van der Waals surface area (Å²) >= 11 is 0. The van der Waals surface area contributed by atoms with Gasteiger partial charge in [-0.15, -0.1) is 0 Å². The number of hydrogen-bond acceptors (Lipinski definition) is 14. The lowest BCUT2D eigenvalue weighted by Crippen LogP contribution is -2.19. The van der Waals surface area contributed by atoms with Crippen LogP contribution in [0, 0.1) is 0 Å². The maximum atomic E-state index is 5.80. The van der Waals surface area contributed by atoms with Gasteiger partial charge in [-0.3, -0.25) is 19.1 Å². The Morgan fingerprint density at radius 2 is 0.853 bits per heavy atom. The van der Waals surface area contributed by atoms with Gasteiger partial charge in [-0.05, 0) is 245 Å². The molecule has 1 aliphatic heterocycles. The molecule has 4 aromatic heterocycles. The van der Waals surface area contributed by atoms with Crippen molar-refractivity contribution in [3.63, 3.8) is 0 Å². The molecule has 0 spiro atoms. The number of hydrogen-bond donors (Lipinski definition) is 1. The zero-order valence-electron chi connectivity index (χ0n) is 65.4. The van der Waals surface area contributed by atoms with E-state index in [9.17, 15) is 0 Å². The normalized spacial score (nSPS) is 13.9. The standard InChI is InChI=1S/C23H35N3O.C22H33N3O2.C20H31N3O.C19H29N3O2/c1-5-6-15-25(4)16-20-17-26(21-9-7-8-10-21)24-23(20)19-11-13-22(14-12-19)27-18(2)3;1-5-6-12-24(4)14-19-15-25(20-11-13-26-16-20)23-22(19)18-7-9-21(10-8-18)27-17(2)3;1-6-8-13-22(5)14-18-15-23(7-2)21-20(18)17-9-11-19(12-10-17)24-16(3)4;1-4-5-11-22(2)15-17-14-20-21-19(17)16-7-9-18(10-8-16)24-13-6-12-23-3/h11-14,17-18,21H,5-10,15-16H2,1-4H3;7-10,15,17,20H,5-6,11-14,16H2,1-4H3;9-12,15-16H,6-8,13-14H2,1-5H3;7-10,14H,4-6,11-13,15H2,1-3H3,(H,20,21). The zero-order chi connectivity index (χ0) is 73.2. The molecule has 1 atom stereocenters. The molecule has 1 unspecified atom stereocenters. The van der Waals surface area contributed by atoms with Gasteiger partial charge in [-0.25, -0.2) is 0 Å². The monoisotopic (exact) mass is 1400 g/mol. The molecular formula is C84H128N12O6. The van der Waals surface area contributed by atoms with E-state index < -0.39 is 0 Å². The number of unbranched alkanes of at least 4 members (excludes halogenated alkanes) is 4. The number of benzene rings is 4. The second kappa shape index (κ2) is 44.4. The van der Waals surface area contributed by atoms with E-state index in [1.807, 2.05) is 75.0 Å². The maximum absolute atomic E-state index is 5.80. The topological polar surface area (TPSA) is 150 Å². The molecule has 4 aromatic carbocycles. The third-order valence-electron chi connectivity index (χ3n) is 18.2. The summed E-state index contributed by atoms with van der Waals surface area (Å²) in [6.45, 7) is 35.4. The van der Waals surface area contributed by atoms with E-state index in [0.717, 1.165) is 154 Å². The highest BCUT2D eigenvalue weighted by molar-refractivity contribution is 5.66. The number of rotatable bonds is 38. The molecule has 8 aromatic rings. The number of aromatic nitrogens is 8. The van der Waals surface area contributed by atoms with E-state index in [0.29, 0.717) is 18.7 Å². The van der Waals surface area contributed by atoms with Crippen LogP contribution in [-0.2, 0) is 42.2 Å². The Labute approximate surface area is 613 Å². The number of methoxy groups -OCH3 is 1. The summed E-state index contributed by atoms with van der Waals surface area (Å²) in [4.78, 5) is 9.51. The third kappa shape index (κ3) is 27.4. The van der Waals surface area contributed by atoms with Crippen molar-refractivity contribution < 1.29 is 28.4 Å². The largest absolute Gasteiger partial charge is 0.494 e. The quantitative estimate of drug-likeness (QED) is 0.0366. The Hall–Kier alpha value is -7.32. The van der Waals surface area contributed by atoms with Crippen molar-refractivity contribution in [3.8, 4) is 68.0 Å². The summed E-state index contributed by atoms with van der Waals surface area (Å²) in [5, 5.41) is 22.1. The van der Waals surface area contributed by atoms with Gasteiger partial charge < -0.3 is 48.0 Å². The SMILES string of the molecule is CCCCN(C)Cc1cn(C2CCCC2)nc1-c1ccc(OC(C)C)cc1.CCCCN(C)Cc1cn(C2CCOC2)nc1-c1ccc(OC(C)C)cc1.CCCCN(C)Cc1cn(CC)nc1-c1ccc(OC(C)C)cc1.CCCCN(C)Cc1cn[nH]c1-c1ccc(OCCCOC)cc1. The molecule has 10 rings (SSSR count). The van der Waals surface area contributed by atoms with Crippen molar-refractivity contribution in [1.82, 2.24) is 59.1 Å². The fraction of sp³-hybridized carbons (Fsp3) is 0.571. The Balaban J connectivity index is 0.000000191. The number of nitrogens with one attached hydrogen (secondary N) is 1. The number of ether oxygens (including phenoxy) is 6. The van der Waals surface area contributed by atoms with Gasteiger partial charge in [0, 0.05) is 123 Å². The summed E-state index contributed by atoms with van der Waals surface area (Å²) < 4.78 is 40.0. The highest BCUT2D eigenvalue weighted by Gasteiger charge is 2.24. The second-order valence-electron chi connectivity index (χ2n) is 28.7. The first-order chi connectivity index (χ1) is 49.4. The minimum absolute atomic E-state index is 0.181. The third-order valence-corrected chi connectivity index (χ3v) is 18.2.